The zero-order valence-corrected chi connectivity index (χ0v) is 16.8. The number of allylic oxidation sites excluding steroid dienone is 1. The topological polar surface area (TPSA) is 60.4 Å². The fourth-order valence-corrected chi connectivity index (χ4v) is 3.53. The highest BCUT2D eigenvalue weighted by Crippen LogP contribution is 2.41. The van der Waals surface area contributed by atoms with Gasteiger partial charge >= 0.3 is 12.3 Å². The van der Waals surface area contributed by atoms with E-state index in [1.54, 1.807) is 20.8 Å². The average molecular weight is 430 g/mol. The van der Waals surface area contributed by atoms with Crippen molar-refractivity contribution >= 4 is 17.5 Å². The Morgan fingerprint density at radius 3 is 2.73 bits per heavy atom. The third kappa shape index (κ3) is 4.58. The number of nitrogens with zero attached hydrogens (tertiary/aromatic N) is 2. The van der Waals surface area contributed by atoms with Crippen molar-refractivity contribution in [3.8, 4) is 5.75 Å². The molecule has 0 spiro atoms. The van der Waals surface area contributed by atoms with Crippen LogP contribution in [0.15, 0.2) is 34.5 Å². The summed E-state index contributed by atoms with van der Waals surface area (Å²) in [5.74, 6) is -0.618. The number of aliphatic imine (C=N–C) groups is 1. The lowest BCUT2D eigenvalue weighted by Crippen LogP contribution is -2.43. The summed E-state index contributed by atoms with van der Waals surface area (Å²) in [6.45, 7) is 4.64. The zero-order valence-electron chi connectivity index (χ0n) is 16.8. The number of anilines is 1. The molecule has 0 saturated heterocycles. The van der Waals surface area contributed by atoms with E-state index in [1.165, 1.54) is 17.0 Å². The Balaban J connectivity index is 2.08. The van der Waals surface area contributed by atoms with E-state index in [0.717, 1.165) is 6.07 Å². The van der Waals surface area contributed by atoms with Crippen LogP contribution < -0.4 is 9.64 Å². The summed E-state index contributed by atoms with van der Waals surface area (Å²) in [4.78, 5) is 18.1. The van der Waals surface area contributed by atoms with Gasteiger partial charge in [0.25, 0.3) is 0 Å². The number of ether oxygens (including phenoxy) is 3. The number of halogens is 4. The monoisotopic (exact) mass is 430 g/mol. The van der Waals surface area contributed by atoms with Crippen LogP contribution >= 0.6 is 0 Å². The molecule has 6 nitrogen and oxygen atoms in total. The van der Waals surface area contributed by atoms with Crippen LogP contribution in [-0.4, -0.2) is 44.1 Å². The van der Waals surface area contributed by atoms with Gasteiger partial charge in [-0.15, -0.1) is 13.2 Å². The van der Waals surface area contributed by atoms with Crippen LogP contribution in [0.5, 0.6) is 5.75 Å². The number of fused-ring (bicyclic) bond motifs is 3. The first kappa shape index (κ1) is 22.1. The minimum Gasteiger partial charge on any atom is -0.466 e. The number of hydrogen-bond donors (Lipinski definition) is 0. The molecule has 0 N–H and O–H groups in total. The summed E-state index contributed by atoms with van der Waals surface area (Å²) in [6.07, 6.45) is -6.58. The van der Waals surface area contributed by atoms with E-state index < -0.39 is 37.0 Å². The van der Waals surface area contributed by atoms with Gasteiger partial charge in [0.05, 0.1) is 37.1 Å². The van der Waals surface area contributed by atoms with Gasteiger partial charge < -0.3 is 14.2 Å². The van der Waals surface area contributed by atoms with Crippen molar-refractivity contribution in [2.24, 2.45) is 4.99 Å². The predicted molar refractivity (Wildman–Crippen MR) is 101 cm³/mol. The summed E-state index contributed by atoms with van der Waals surface area (Å²) in [7, 11) is 0. The molecule has 2 atom stereocenters. The molecule has 164 valence electrons. The number of benzene rings is 1. The van der Waals surface area contributed by atoms with Crippen molar-refractivity contribution in [3.05, 3.63) is 35.0 Å². The van der Waals surface area contributed by atoms with Crippen LogP contribution in [-0.2, 0) is 14.3 Å². The summed E-state index contributed by atoms with van der Waals surface area (Å²) >= 11 is 0. The SMILES string of the molecule is CCOC(=O)C[C@@H]1OC(C)c2cc(OC(F)(F)F)ccc2N2C1=NCC(C)=C2CF. The van der Waals surface area contributed by atoms with Crippen molar-refractivity contribution in [2.45, 2.75) is 45.8 Å². The van der Waals surface area contributed by atoms with Gasteiger partial charge in [-0.3, -0.25) is 14.7 Å². The third-order valence-corrected chi connectivity index (χ3v) is 4.82. The van der Waals surface area contributed by atoms with Gasteiger partial charge in [-0.05, 0) is 44.5 Å². The Hall–Kier alpha value is -2.62. The van der Waals surface area contributed by atoms with Gasteiger partial charge in [0, 0.05) is 5.56 Å². The van der Waals surface area contributed by atoms with Crippen LogP contribution in [0.2, 0.25) is 0 Å². The Morgan fingerprint density at radius 2 is 2.10 bits per heavy atom. The van der Waals surface area contributed by atoms with E-state index in [0.29, 0.717) is 28.4 Å². The molecule has 2 aliphatic heterocycles. The molecule has 1 aromatic rings. The minimum atomic E-state index is -4.85. The maximum Gasteiger partial charge on any atom is 0.573 e. The molecule has 0 radical (unpaired) electrons. The molecule has 2 heterocycles. The smallest absolute Gasteiger partial charge is 0.466 e. The van der Waals surface area contributed by atoms with E-state index >= 15 is 0 Å². The van der Waals surface area contributed by atoms with E-state index in [1.807, 2.05) is 0 Å². The number of alkyl halides is 4. The zero-order chi connectivity index (χ0) is 22.1. The number of carbonyl (C=O) groups is 1. The summed E-state index contributed by atoms with van der Waals surface area (Å²) in [5.41, 5.74) is 1.77. The van der Waals surface area contributed by atoms with Crippen molar-refractivity contribution in [2.75, 3.05) is 24.7 Å². The Morgan fingerprint density at radius 1 is 1.37 bits per heavy atom. The average Bonchev–Trinajstić information content (AvgIpc) is 2.76. The lowest BCUT2D eigenvalue weighted by Gasteiger charge is -2.33. The van der Waals surface area contributed by atoms with E-state index in [-0.39, 0.29) is 19.6 Å². The quantitative estimate of drug-likeness (QED) is 0.510. The first-order chi connectivity index (χ1) is 14.1. The molecule has 0 bridgehead atoms. The number of hydrogen-bond acceptors (Lipinski definition) is 6. The predicted octanol–water partition coefficient (Wildman–Crippen LogP) is 4.46. The van der Waals surface area contributed by atoms with Crippen molar-refractivity contribution < 1.29 is 36.6 Å². The summed E-state index contributed by atoms with van der Waals surface area (Å²) in [6, 6.07) is 3.77. The minimum absolute atomic E-state index is 0.161. The van der Waals surface area contributed by atoms with Crippen molar-refractivity contribution in [1.29, 1.82) is 0 Å². The third-order valence-electron chi connectivity index (χ3n) is 4.82. The Labute approximate surface area is 171 Å². The van der Waals surface area contributed by atoms with Crippen molar-refractivity contribution in [3.63, 3.8) is 0 Å². The molecule has 30 heavy (non-hydrogen) atoms. The maximum absolute atomic E-state index is 14.0. The highest BCUT2D eigenvalue weighted by atomic mass is 19.4. The molecule has 1 unspecified atom stereocenters. The largest absolute Gasteiger partial charge is 0.573 e. The molecule has 1 aromatic carbocycles. The van der Waals surface area contributed by atoms with Crippen molar-refractivity contribution in [1.82, 2.24) is 0 Å². The number of rotatable bonds is 5. The van der Waals surface area contributed by atoms with E-state index in [2.05, 4.69) is 9.73 Å². The van der Waals surface area contributed by atoms with Crippen LogP contribution in [0.3, 0.4) is 0 Å². The highest BCUT2D eigenvalue weighted by molar-refractivity contribution is 6.06. The van der Waals surface area contributed by atoms with Gasteiger partial charge in [-0.25, -0.2) is 4.39 Å². The first-order valence-electron chi connectivity index (χ1n) is 9.44. The fourth-order valence-electron chi connectivity index (χ4n) is 3.53. The summed E-state index contributed by atoms with van der Waals surface area (Å²) in [5, 5.41) is 0. The normalized spacial score (nSPS) is 21.4. The first-order valence-corrected chi connectivity index (χ1v) is 9.44. The lowest BCUT2D eigenvalue weighted by molar-refractivity contribution is -0.274. The fraction of sp³-hybridized carbons (Fsp3) is 0.500. The Bertz CT molecular complexity index is 882. The van der Waals surface area contributed by atoms with Crippen LogP contribution in [0.25, 0.3) is 0 Å². The number of carbonyl (C=O) groups excluding carboxylic acids is 1. The van der Waals surface area contributed by atoms with Gasteiger partial charge in [-0.1, -0.05) is 0 Å². The van der Waals surface area contributed by atoms with Gasteiger partial charge in [0.15, 0.2) is 0 Å². The van der Waals surface area contributed by atoms with Crippen LogP contribution in [0, 0.1) is 0 Å². The van der Waals surface area contributed by atoms with Crippen LogP contribution in [0.4, 0.5) is 23.2 Å². The van der Waals surface area contributed by atoms with Crippen LogP contribution in [0.1, 0.15) is 38.9 Å². The van der Waals surface area contributed by atoms with E-state index in [4.69, 9.17) is 9.47 Å². The molecule has 0 aliphatic carbocycles. The van der Waals surface area contributed by atoms with Gasteiger partial charge in [-0.2, -0.15) is 0 Å². The lowest BCUT2D eigenvalue weighted by atomic mass is 10.0. The maximum atomic E-state index is 14.0. The second kappa shape index (κ2) is 8.63. The highest BCUT2D eigenvalue weighted by Gasteiger charge is 2.39. The molecular weight excluding hydrogens is 408 g/mol. The number of esters is 1. The van der Waals surface area contributed by atoms with E-state index in [9.17, 15) is 22.4 Å². The molecular formula is C20H22F4N2O4. The standard InChI is InChI=1S/C20H22F4N2O4/c1-4-28-18(27)8-17-19-25-10-11(2)16(9-21)26(19)15-6-5-13(30-20(22,23)24)7-14(15)12(3)29-17/h5-7,12,17H,4,8-10H2,1-3H3/t12?,17-/m0/s1. The van der Waals surface area contributed by atoms with Gasteiger partial charge in [0.1, 0.15) is 24.4 Å². The van der Waals surface area contributed by atoms with Gasteiger partial charge in [0.2, 0.25) is 0 Å². The molecule has 0 amide bonds. The molecule has 0 fully saturated rings. The summed E-state index contributed by atoms with van der Waals surface area (Å²) < 4.78 is 67.0. The molecule has 0 saturated carbocycles. The molecule has 0 aromatic heterocycles. The molecule has 3 rings (SSSR count). The second-order valence-corrected chi connectivity index (χ2v) is 6.92. The molecule has 10 heteroatoms. The Kier molecular flexibility index (Phi) is 6.35. The number of amidine groups is 1. The molecule has 2 aliphatic rings. The second-order valence-electron chi connectivity index (χ2n) is 6.92.